The van der Waals surface area contributed by atoms with Crippen molar-refractivity contribution < 1.29 is 0 Å². The van der Waals surface area contributed by atoms with Crippen molar-refractivity contribution in [3.63, 3.8) is 0 Å². The Bertz CT molecular complexity index is 428. The van der Waals surface area contributed by atoms with Crippen LogP contribution in [0.4, 0.5) is 0 Å². The van der Waals surface area contributed by atoms with Crippen molar-refractivity contribution in [3.8, 4) is 0 Å². The van der Waals surface area contributed by atoms with Crippen molar-refractivity contribution >= 4 is 5.57 Å². The zero-order valence-electron chi connectivity index (χ0n) is 10.3. The fourth-order valence-electron chi connectivity index (χ4n) is 1.89. The minimum Gasteiger partial charge on any atom is -0.0839 e. The van der Waals surface area contributed by atoms with Gasteiger partial charge < -0.3 is 0 Å². The highest BCUT2D eigenvalue weighted by Crippen LogP contribution is 2.28. The third-order valence-corrected chi connectivity index (χ3v) is 2.95. The highest BCUT2D eigenvalue weighted by molar-refractivity contribution is 5.74. The Morgan fingerprint density at radius 1 is 1.12 bits per heavy atom. The molecule has 0 amide bonds. The van der Waals surface area contributed by atoms with Crippen LogP contribution in [0.1, 0.15) is 38.3 Å². The lowest BCUT2D eigenvalue weighted by molar-refractivity contribution is 0.590. The summed E-state index contributed by atoms with van der Waals surface area (Å²) in [5.41, 5.74) is 4.29. The predicted octanol–water partition coefficient (Wildman–Crippen LogP) is 4.53. The van der Waals surface area contributed by atoms with E-state index in [0.717, 1.165) is 6.42 Å². The summed E-state index contributed by atoms with van der Waals surface area (Å²) < 4.78 is 0. The number of rotatable bonds is 1. The Morgan fingerprint density at radius 2 is 1.94 bits per heavy atom. The summed E-state index contributed by atoms with van der Waals surface area (Å²) in [7, 11) is 0. The quantitative estimate of drug-likeness (QED) is 0.640. The average Bonchev–Trinajstić information content (AvgIpc) is 2.29. The summed E-state index contributed by atoms with van der Waals surface area (Å²) in [4.78, 5) is 0. The SMILES string of the molecule is CC(C)(C)c1cccc(C2=CC=CC[CH]2)c1. The highest BCUT2D eigenvalue weighted by Gasteiger charge is 2.14. The molecule has 0 heteroatoms. The van der Waals surface area contributed by atoms with E-state index in [1.165, 1.54) is 16.7 Å². The lowest BCUT2D eigenvalue weighted by Gasteiger charge is -2.20. The van der Waals surface area contributed by atoms with Gasteiger partial charge in [-0.05, 0) is 35.0 Å². The zero-order valence-corrected chi connectivity index (χ0v) is 10.3. The van der Waals surface area contributed by atoms with Crippen molar-refractivity contribution in [1.82, 2.24) is 0 Å². The molecular formula is C16H19. The van der Waals surface area contributed by atoms with E-state index >= 15 is 0 Å². The molecule has 0 unspecified atom stereocenters. The number of hydrogen-bond acceptors (Lipinski definition) is 0. The Kier molecular flexibility index (Phi) is 3.00. The van der Waals surface area contributed by atoms with E-state index in [0.29, 0.717) is 0 Å². The minimum atomic E-state index is 0.223. The first-order valence-corrected chi connectivity index (χ1v) is 5.88. The molecule has 0 saturated heterocycles. The molecule has 0 heterocycles. The second kappa shape index (κ2) is 4.29. The standard InChI is InChI=1S/C16H19/c1-16(2,3)15-11-7-10-14(12-15)13-8-5-4-6-9-13/h4-5,7-12H,6H2,1-3H3. The van der Waals surface area contributed by atoms with Crippen molar-refractivity contribution in [2.75, 3.05) is 0 Å². The smallest absolute Gasteiger partial charge is 0.00493 e. The minimum absolute atomic E-state index is 0.223. The molecule has 0 spiro atoms. The first kappa shape index (κ1) is 11.2. The van der Waals surface area contributed by atoms with Gasteiger partial charge in [0.1, 0.15) is 0 Å². The van der Waals surface area contributed by atoms with Crippen LogP contribution >= 0.6 is 0 Å². The van der Waals surface area contributed by atoms with Gasteiger partial charge in [-0.1, -0.05) is 63.3 Å². The van der Waals surface area contributed by atoms with E-state index in [2.05, 4.69) is 69.7 Å². The van der Waals surface area contributed by atoms with Gasteiger partial charge in [0.2, 0.25) is 0 Å². The lowest BCUT2D eigenvalue weighted by atomic mass is 9.84. The van der Waals surface area contributed by atoms with Crippen molar-refractivity contribution in [2.45, 2.75) is 32.6 Å². The second-order valence-corrected chi connectivity index (χ2v) is 5.32. The monoisotopic (exact) mass is 211 g/mol. The van der Waals surface area contributed by atoms with Crippen LogP contribution in [0.25, 0.3) is 5.57 Å². The maximum atomic E-state index is 2.31. The van der Waals surface area contributed by atoms with Gasteiger partial charge in [0.25, 0.3) is 0 Å². The van der Waals surface area contributed by atoms with Crippen molar-refractivity contribution in [2.24, 2.45) is 0 Å². The number of benzene rings is 1. The Hall–Kier alpha value is -1.30. The molecule has 1 aromatic carbocycles. The number of hydrogen-bond donors (Lipinski definition) is 0. The van der Waals surface area contributed by atoms with Gasteiger partial charge in [-0.3, -0.25) is 0 Å². The molecule has 83 valence electrons. The zero-order chi connectivity index (χ0) is 11.6. The third-order valence-electron chi connectivity index (χ3n) is 2.95. The lowest BCUT2D eigenvalue weighted by Crippen LogP contribution is -2.11. The molecule has 0 nitrogen and oxygen atoms in total. The Balaban J connectivity index is 2.36. The predicted molar refractivity (Wildman–Crippen MR) is 71.2 cm³/mol. The molecule has 0 saturated carbocycles. The van der Waals surface area contributed by atoms with Crippen LogP contribution in [0.15, 0.2) is 42.5 Å². The molecule has 16 heavy (non-hydrogen) atoms. The van der Waals surface area contributed by atoms with Crippen LogP contribution in [0, 0.1) is 6.42 Å². The molecule has 0 aliphatic heterocycles. The normalized spacial score (nSPS) is 16.1. The largest absolute Gasteiger partial charge is 0.0839 e. The van der Waals surface area contributed by atoms with Gasteiger partial charge in [0.05, 0.1) is 0 Å². The van der Waals surface area contributed by atoms with Crippen LogP contribution in [0.2, 0.25) is 0 Å². The van der Waals surface area contributed by atoms with Gasteiger partial charge in [0.15, 0.2) is 0 Å². The first-order chi connectivity index (χ1) is 7.57. The van der Waals surface area contributed by atoms with Crippen LogP contribution in [0.5, 0.6) is 0 Å². The number of allylic oxidation sites excluding steroid dienone is 4. The van der Waals surface area contributed by atoms with Crippen LogP contribution < -0.4 is 0 Å². The second-order valence-electron chi connectivity index (χ2n) is 5.32. The maximum absolute atomic E-state index is 2.31. The van der Waals surface area contributed by atoms with E-state index in [1.54, 1.807) is 0 Å². The van der Waals surface area contributed by atoms with Crippen molar-refractivity contribution in [3.05, 3.63) is 60.0 Å². The van der Waals surface area contributed by atoms with Gasteiger partial charge in [-0.25, -0.2) is 0 Å². The van der Waals surface area contributed by atoms with E-state index in [4.69, 9.17) is 0 Å². The molecule has 0 aromatic heterocycles. The maximum Gasteiger partial charge on any atom is -0.00493 e. The third kappa shape index (κ3) is 2.44. The molecule has 1 aliphatic carbocycles. The van der Waals surface area contributed by atoms with Gasteiger partial charge in [-0.2, -0.15) is 0 Å². The van der Waals surface area contributed by atoms with Crippen LogP contribution in [-0.2, 0) is 5.41 Å². The summed E-state index contributed by atoms with van der Waals surface area (Å²) in [5.74, 6) is 0. The average molecular weight is 211 g/mol. The fourth-order valence-corrected chi connectivity index (χ4v) is 1.89. The van der Waals surface area contributed by atoms with E-state index in [9.17, 15) is 0 Å². The summed E-state index contributed by atoms with van der Waals surface area (Å²) in [5, 5.41) is 0. The molecular weight excluding hydrogens is 192 g/mol. The van der Waals surface area contributed by atoms with E-state index < -0.39 is 0 Å². The molecule has 2 rings (SSSR count). The topological polar surface area (TPSA) is 0 Å². The van der Waals surface area contributed by atoms with E-state index in [-0.39, 0.29) is 5.41 Å². The summed E-state index contributed by atoms with van der Waals surface area (Å²) in [6, 6.07) is 8.86. The molecule has 0 fully saturated rings. The summed E-state index contributed by atoms with van der Waals surface area (Å²) >= 11 is 0. The van der Waals surface area contributed by atoms with Crippen LogP contribution in [0.3, 0.4) is 0 Å². The Morgan fingerprint density at radius 3 is 2.56 bits per heavy atom. The summed E-state index contributed by atoms with van der Waals surface area (Å²) in [6.45, 7) is 6.76. The fraction of sp³-hybridized carbons (Fsp3) is 0.312. The summed E-state index contributed by atoms with van der Waals surface area (Å²) in [6.07, 6.45) is 9.83. The molecule has 1 aromatic rings. The van der Waals surface area contributed by atoms with Crippen LogP contribution in [-0.4, -0.2) is 0 Å². The Labute approximate surface area is 98.7 Å². The highest BCUT2D eigenvalue weighted by atomic mass is 14.2. The molecule has 1 aliphatic rings. The van der Waals surface area contributed by atoms with Gasteiger partial charge in [-0.15, -0.1) is 0 Å². The molecule has 1 radical (unpaired) electrons. The van der Waals surface area contributed by atoms with E-state index in [1.807, 2.05) is 0 Å². The molecule has 0 N–H and O–H groups in total. The first-order valence-electron chi connectivity index (χ1n) is 5.88. The van der Waals surface area contributed by atoms with Gasteiger partial charge in [0, 0.05) is 0 Å². The van der Waals surface area contributed by atoms with Crippen molar-refractivity contribution in [1.29, 1.82) is 0 Å². The molecule has 0 bridgehead atoms. The van der Waals surface area contributed by atoms with Gasteiger partial charge >= 0.3 is 0 Å². The molecule has 0 atom stereocenters.